The van der Waals surface area contributed by atoms with Crippen molar-refractivity contribution in [1.82, 2.24) is 9.97 Å². The van der Waals surface area contributed by atoms with E-state index in [0.29, 0.717) is 0 Å². The Labute approximate surface area is 92.3 Å². The molecule has 0 radical (unpaired) electrons. The van der Waals surface area contributed by atoms with Crippen LogP contribution in [0.2, 0.25) is 0 Å². The monoisotopic (exact) mass is 207 g/mol. The third kappa shape index (κ3) is 3.18. The molecule has 0 aliphatic rings. The molecule has 0 aliphatic carbocycles. The van der Waals surface area contributed by atoms with Crippen LogP contribution in [0.5, 0.6) is 0 Å². The molecular weight excluding hydrogens is 186 g/mol. The van der Waals surface area contributed by atoms with Crippen molar-refractivity contribution in [2.24, 2.45) is 0 Å². The maximum atomic E-state index is 4.39. The van der Waals surface area contributed by atoms with E-state index in [1.807, 2.05) is 7.05 Å². The summed E-state index contributed by atoms with van der Waals surface area (Å²) in [7, 11) is 1.92. The number of nitrogens with zero attached hydrogens (tertiary/aromatic N) is 2. The molecule has 15 heavy (non-hydrogen) atoms. The molecule has 0 fully saturated rings. The second kappa shape index (κ2) is 6.38. The maximum Gasteiger partial charge on any atom is 0.132 e. The van der Waals surface area contributed by atoms with Crippen molar-refractivity contribution < 1.29 is 0 Å². The molecule has 3 nitrogen and oxygen atoms in total. The van der Waals surface area contributed by atoms with E-state index < -0.39 is 0 Å². The molecule has 0 aromatic carbocycles. The first-order chi connectivity index (χ1) is 7.33. The van der Waals surface area contributed by atoms with Crippen molar-refractivity contribution in [3.05, 3.63) is 17.6 Å². The summed E-state index contributed by atoms with van der Waals surface area (Å²) >= 11 is 0. The van der Waals surface area contributed by atoms with E-state index in [2.05, 4.69) is 29.1 Å². The highest BCUT2D eigenvalue weighted by molar-refractivity contribution is 5.45. The molecule has 1 N–H and O–H groups in total. The minimum absolute atomic E-state index is 0.998. The number of rotatable bonds is 6. The van der Waals surface area contributed by atoms with Crippen LogP contribution >= 0.6 is 0 Å². The number of anilines is 1. The Bertz CT molecular complexity index is 297. The zero-order valence-electron chi connectivity index (χ0n) is 10.0. The summed E-state index contributed by atoms with van der Waals surface area (Å²) < 4.78 is 0. The molecule has 3 heteroatoms. The van der Waals surface area contributed by atoms with Crippen LogP contribution < -0.4 is 5.32 Å². The van der Waals surface area contributed by atoms with Crippen molar-refractivity contribution in [3.63, 3.8) is 0 Å². The largest absolute Gasteiger partial charge is 0.373 e. The molecule has 1 rings (SSSR count). The first kappa shape index (κ1) is 12.0. The van der Waals surface area contributed by atoms with Crippen LogP contribution in [0.4, 0.5) is 5.82 Å². The Balaban J connectivity index is 2.90. The second-order valence-electron chi connectivity index (χ2n) is 3.75. The Morgan fingerprint density at radius 2 is 1.93 bits per heavy atom. The van der Waals surface area contributed by atoms with E-state index in [1.54, 1.807) is 6.33 Å². The Hall–Kier alpha value is -1.12. The highest BCUT2D eigenvalue weighted by atomic mass is 15.0. The van der Waals surface area contributed by atoms with Crippen molar-refractivity contribution >= 4 is 5.82 Å². The quantitative estimate of drug-likeness (QED) is 0.779. The van der Waals surface area contributed by atoms with Crippen LogP contribution in [0.3, 0.4) is 0 Å². The summed E-state index contributed by atoms with van der Waals surface area (Å²) in [5.74, 6) is 0.998. The Morgan fingerprint density at radius 3 is 2.53 bits per heavy atom. The molecule has 0 bridgehead atoms. The molecular formula is C12H21N3. The predicted molar refractivity (Wildman–Crippen MR) is 64.2 cm³/mol. The number of hydrogen-bond donors (Lipinski definition) is 1. The fraction of sp³-hybridized carbons (Fsp3) is 0.667. The molecule has 0 saturated heterocycles. The van der Waals surface area contributed by atoms with E-state index in [4.69, 9.17) is 0 Å². The minimum atomic E-state index is 0.998. The highest BCUT2D eigenvalue weighted by Gasteiger charge is 2.08. The summed E-state index contributed by atoms with van der Waals surface area (Å²) in [5.41, 5.74) is 2.52. The van der Waals surface area contributed by atoms with Crippen molar-refractivity contribution in [3.8, 4) is 0 Å². The fourth-order valence-corrected chi connectivity index (χ4v) is 1.74. The van der Waals surface area contributed by atoms with Gasteiger partial charge < -0.3 is 5.32 Å². The van der Waals surface area contributed by atoms with Gasteiger partial charge in [0.15, 0.2) is 0 Å². The molecule has 0 unspecified atom stereocenters. The third-order valence-electron chi connectivity index (χ3n) is 2.54. The standard InChI is InChI=1S/C12H21N3/c1-4-6-8-11-10(7-5-2)12(13-3)15-9-14-11/h9H,4-8H2,1-3H3,(H,13,14,15). The zero-order valence-corrected chi connectivity index (χ0v) is 10.0. The lowest BCUT2D eigenvalue weighted by Crippen LogP contribution is -2.05. The lowest BCUT2D eigenvalue weighted by Gasteiger charge is -2.11. The van der Waals surface area contributed by atoms with Gasteiger partial charge >= 0.3 is 0 Å². The van der Waals surface area contributed by atoms with Crippen LogP contribution in [0, 0.1) is 0 Å². The van der Waals surface area contributed by atoms with Gasteiger partial charge in [-0.1, -0.05) is 26.7 Å². The second-order valence-corrected chi connectivity index (χ2v) is 3.75. The summed E-state index contributed by atoms with van der Waals surface area (Å²) in [4.78, 5) is 8.65. The van der Waals surface area contributed by atoms with Gasteiger partial charge in [-0.05, 0) is 19.3 Å². The summed E-state index contributed by atoms with van der Waals surface area (Å²) in [5, 5.41) is 3.15. The number of hydrogen-bond acceptors (Lipinski definition) is 3. The average Bonchev–Trinajstić information content (AvgIpc) is 2.28. The van der Waals surface area contributed by atoms with E-state index in [0.717, 1.165) is 25.1 Å². The van der Waals surface area contributed by atoms with Gasteiger partial charge in [-0.25, -0.2) is 9.97 Å². The van der Waals surface area contributed by atoms with Gasteiger partial charge in [0.25, 0.3) is 0 Å². The Morgan fingerprint density at radius 1 is 1.13 bits per heavy atom. The molecule has 1 heterocycles. The normalized spacial score (nSPS) is 10.3. The third-order valence-corrected chi connectivity index (χ3v) is 2.54. The smallest absolute Gasteiger partial charge is 0.132 e. The van der Waals surface area contributed by atoms with Crippen LogP contribution in [0.25, 0.3) is 0 Å². The summed E-state index contributed by atoms with van der Waals surface area (Å²) in [6.07, 6.45) is 7.36. The van der Waals surface area contributed by atoms with E-state index >= 15 is 0 Å². The number of aromatic nitrogens is 2. The lowest BCUT2D eigenvalue weighted by atomic mass is 10.0. The molecule has 0 atom stereocenters. The predicted octanol–water partition coefficient (Wildman–Crippen LogP) is 2.81. The van der Waals surface area contributed by atoms with Gasteiger partial charge in [0, 0.05) is 18.3 Å². The van der Waals surface area contributed by atoms with Gasteiger partial charge in [0.1, 0.15) is 12.1 Å². The van der Waals surface area contributed by atoms with Gasteiger partial charge in [0.2, 0.25) is 0 Å². The first-order valence-electron chi connectivity index (χ1n) is 5.83. The van der Waals surface area contributed by atoms with Crippen LogP contribution in [0.15, 0.2) is 6.33 Å². The number of aryl methyl sites for hydroxylation is 1. The molecule has 1 aromatic heterocycles. The molecule has 0 spiro atoms. The van der Waals surface area contributed by atoms with E-state index in [-0.39, 0.29) is 0 Å². The average molecular weight is 207 g/mol. The topological polar surface area (TPSA) is 37.8 Å². The van der Waals surface area contributed by atoms with Crippen molar-refractivity contribution in [2.75, 3.05) is 12.4 Å². The Kier molecular flexibility index (Phi) is 5.08. The fourth-order valence-electron chi connectivity index (χ4n) is 1.74. The van der Waals surface area contributed by atoms with E-state index in [9.17, 15) is 0 Å². The van der Waals surface area contributed by atoms with Gasteiger partial charge in [-0.15, -0.1) is 0 Å². The maximum absolute atomic E-state index is 4.39. The SMILES string of the molecule is CCCCc1ncnc(NC)c1CCC. The van der Waals surface area contributed by atoms with Crippen molar-refractivity contribution in [2.45, 2.75) is 46.0 Å². The number of nitrogens with one attached hydrogen (secondary N) is 1. The van der Waals surface area contributed by atoms with Crippen LogP contribution in [0.1, 0.15) is 44.4 Å². The van der Waals surface area contributed by atoms with Gasteiger partial charge in [-0.3, -0.25) is 0 Å². The highest BCUT2D eigenvalue weighted by Crippen LogP contribution is 2.18. The molecule has 0 saturated carbocycles. The molecule has 0 aliphatic heterocycles. The molecule has 84 valence electrons. The van der Waals surface area contributed by atoms with Crippen LogP contribution in [-0.4, -0.2) is 17.0 Å². The number of unbranched alkanes of at least 4 members (excludes halogenated alkanes) is 1. The summed E-state index contributed by atoms with van der Waals surface area (Å²) in [6.45, 7) is 4.40. The van der Waals surface area contributed by atoms with E-state index in [1.165, 1.54) is 24.1 Å². The van der Waals surface area contributed by atoms with Crippen molar-refractivity contribution in [1.29, 1.82) is 0 Å². The van der Waals surface area contributed by atoms with Gasteiger partial charge in [0.05, 0.1) is 0 Å². The van der Waals surface area contributed by atoms with Crippen LogP contribution in [-0.2, 0) is 12.8 Å². The molecule has 1 aromatic rings. The first-order valence-corrected chi connectivity index (χ1v) is 5.83. The molecule has 0 amide bonds. The zero-order chi connectivity index (χ0) is 11.1. The lowest BCUT2D eigenvalue weighted by molar-refractivity contribution is 0.754. The van der Waals surface area contributed by atoms with Gasteiger partial charge in [-0.2, -0.15) is 0 Å². The minimum Gasteiger partial charge on any atom is -0.373 e. The summed E-state index contributed by atoms with van der Waals surface area (Å²) in [6, 6.07) is 0.